The molecule has 2 atom stereocenters. The molecule has 0 spiro atoms. The third-order valence-electron chi connectivity index (χ3n) is 3.27. The van der Waals surface area contributed by atoms with E-state index < -0.39 is 17.3 Å². The zero-order valence-corrected chi connectivity index (χ0v) is 13.6. The molecule has 2 unspecified atom stereocenters. The van der Waals surface area contributed by atoms with Crippen LogP contribution in [0.1, 0.15) is 30.0 Å². The van der Waals surface area contributed by atoms with Gasteiger partial charge in [-0.1, -0.05) is 0 Å². The number of rotatable bonds is 2. The first-order valence-electron chi connectivity index (χ1n) is 5.56. The van der Waals surface area contributed by atoms with Crippen molar-refractivity contribution in [2.24, 2.45) is 5.92 Å². The Labute approximate surface area is 136 Å². The summed E-state index contributed by atoms with van der Waals surface area (Å²) in [7, 11) is 0. The minimum atomic E-state index is -1.40. The van der Waals surface area contributed by atoms with Crippen molar-refractivity contribution in [3.05, 3.63) is 16.1 Å². The van der Waals surface area contributed by atoms with Gasteiger partial charge in [0.1, 0.15) is 16.2 Å². The van der Waals surface area contributed by atoms with Crippen molar-refractivity contribution in [2.45, 2.75) is 31.6 Å². The number of ketones is 1. The van der Waals surface area contributed by atoms with Gasteiger partial charge in [-0.2, -0.15) is 5.26 Å². The molecule has 0 aliphatic heterocycles. The average Bonchev–Trinajstić information content (AvgIpc) is 2.77. The van der Waals surface area contributed by atoms with Crippen molar-refractivity contribution >= 4 is 23.1 Å². The van der Waals surface area contributed by atoms with Crippen molar-refractivity contribution in [1.29, 1.82) is 5.26 Å². The molecular formula is C12H11N2NaO3S. The second-order valence-corrected chi connectivity index (χ2v) is 5.39. The second-order valence-electron chi connectivity index (χ2n) is 4.53. The molecule has 0 N–H and O–H groups in total. The smallest absolute Gasteiger partial charge is 0.549 e. The molecule has 1 fully saturated rings. The van der Waals surface area contributed by atoms with Crippen molar-refractivity contribution in [2.75, 3.05) is 0 Å². The first-order chi connectivity index (χ1) is 8.48. The van der Waals surface area contributed by atoms with Gasteiger partial charge in [0, 0.05) is 17.5 Å². The molecule has 1 aromatic heterocycles. The molecule has 1 saturated carbocycles. The summed E-state index contributed by atoms with van der Waals surface area (Å²) in [4.78, 5) is 26.7. The number of aryl methyl sites for hydroxylation is 1. The number of aromatic nitrogens is 1. The van der Waals surface area contributed by atoms with E-state index in [4.69, 9.17) is 0 Å². The molecule has 1 aromatic rings. The number of nitriles is 1. The summed E-state index contributed by atoms with van der Waals surface area (Å²) in [5.74, 6) is -2.94. The molecule has 0 radical (unpaired) electrons. The average molecular weight is 286 g/mol. The number of aliphatic carboxylic acids is 1. The van der Waals surface area contributed by atoms with Gasteiger partial charge < -0.3 is 9.90 Å². The van der Waals surface area contributed by atoms with Gasteiger partial charge in [-0.25, -0.2) is 4.98 Å². The van der Waals surface area contributed by atoms with Crippen LogP contribution in [0.2, 0.25) is 0 Å². The number of carboxylic acid groups (broad SMARTS) is 1. The van der Waals surface area contributed by atoms with E-state index in [1.807, 2.05) is 12.3 Å². The number of carbonyl (C=O) groups excluding carboxylic acids is 2. The van der Waals surface area contributed by atoms with Gasteiger partial charge in [-0.3, -0.25) is 4.79 Å². The maximum absolute atomic E-state index is 11.5. The van der Waals surface area contributed by atoms with E-state index in [9.17, 15) is 20.0 Å². The molecule has 1 aliphatic rings. The van der Waals surface area contributed by atoms with Crippen LogP contribution in [0.5, 0.6) is 0 Å². The van der Waals surface area contributed by atoms with Gasteiger partial charge in [0.05, 0.1) is 18.0 Å². The third-order valence-corrected chi connectivity index (χ3v) is 4.43. The fraction of sp³-hybridized carbons (Fsp3) is 0.500. The molecule has 0 bridgehead atoms. The van der Waals surface area contributed by atoms with E-state index in [1.54, 1.807) is 0 Å². The Balaban J connectivity index is 0.00000180. The first-order valence-corrected chi connectivity index (χ1v) is 6.44. The molecule has 19 heavy (non-hydrogen) atoms. The van der Waals surface area contributed by atoms with Crippen LogP contribution in [0, 0.1) is 24.2 Å². The largest absolute Gasteiger partial charge is 1.00 e. The summed E-state index contributed by atoms with van der Waals surface area (Å²) in [6.45, 7) is 1.81. The molecule has 1 aliphatic carbocycles. The minimum Gasteiger partial charge on any atom is -0.549 e. The SMILES string of the molecule is Cc1csc(C2(C#N)CCC(=O)C(C(=O)[O-])C2)n1.[Na+]. The summed E-state index contributed by atoms with van der Waals surface area (Å²) < 4.78 is 0. The van der Waals surface area contributed by atoms with Crippen LogP contribution in [-0.2, 0) is 15.0 Å². The summed E-state index contributed by atoms with van der Waals surface area (Å²) in [5, 5.41) is 22.7. The molecule has 7 heteroatoms. The quantitative estimate of drug-likeness (QED) is 0.437. The molecule has 0 saturated heterocycles. The van der Waals surface area contributed by atoms with Gasteiger partial charge in [-0.05, 0) is 19.8 Å². The van der Waals surface area contributed by atoms with Gasteiger partial charge in [0.2, 0.25) is 0 Å². The Hall–Kier alpha value is -0.740. The predicted molar refractivity (Wildman–Crippen MR) is 61.5 cm³/mol. The second kappa shape index (κ2) is 6.14. The number of carboxylic acids is 1. The summed E-state index contributed by atoms with van der Waals surface area (Å²) in [5.41, 5.74) is -0.163. The Morgan fingerprint density at radius 3 is 2.84 bits per heavy atom. The molecule has 94 valence electrons. The first kappa shape index (κ1) is 16.3. The fourth-order valence-corrected chi connectivity index (χ4v) is 3.20. The fourth-order valence-electron chi connectivity index (χ4n) is 2.21. The van der Waals surface area contributed by atoms with Gasteiger partial charge in [0.25, 0.3) is 0 Å². The number of nitrogens with zero attached hydrogens (tertiary/aromatic N) is 2. The zero-order chi connectivity index (χ0) is 13.3. The Morgan fingerprint density at radius 2 is 2.37 bits per heavy atom. The minimum absolute atomic E-state index is 0. The molecular weight excluding hydrogens is 275 g/mol. The van der Waals surface area contributed by atoms with E-state index in [1.165, 1.54) is 11.3 Å². The molecule has 0 amide bonds. The molecule has 5 nitrogen and oxygen atoms in total. The normalized spacial score (nSPS) is 26.3. The Morgan fingerprint density at radius 1 is 1.68 bits per heavy atom. The van der Waals surface area contributed by atoms with Crippen LogP contribution >= 0.6 is 11.3 Å². The predicted octanol–water partition coefficient (Wildman–Crippen LogP) is -2.66. The summed E-state index contributed by atoms with van der Waals surface area (Å²) in [6, 6.07) is 2.16. The van der Waals surface area contributed by atoms with Crippen LogP contribution in [0.4, 0.5) is 0 Å². The summed E-state index contributed by atoms with van der Waals surface area (Å²) in [6.07, 6.45) is 0.390. The Kier molecular flexibility index (Phi) is 5.27. The van der Waals surface area contributed by atoms with Crippen LogP contribution in [0.3, 0.4) is 0 Å². The van der Waals surface area contributed by atoms with Crippen LogP contribution < -0.4 is 34.7 Å². The maximum atomic E-state index is 11.5. The zero-order valence-electron chi connectivity index (χ0n) is 10.8. The number of thiazole rings is 1. The Bertz CT molecular complexity index is 551. The van der Waals surface area contributed by atoms with Crippen LogP contribution in [0.25, 0.3) is 0 Å². The van der Waals surface area contributed by atoms with Crippen molar-refractivity contribution in [3.8, 4) is 6.07 Å². The van der Waals surface area contributed by atoms with E-state index in [0.717, 1.165) is 5.69 Å². The van der Waals surface area contributed by atoms with Crippen molar-refractivity contribution in [3.63, 3.8) is 0 Å². The van der Waals surface area contributed by atoms with E-state index in [0.29, 0.717) is 11.4 Å². The standard InChI is InChI=1S/C12H12N2O3S.Na/c1-7-5-18-11(14-7)12(6-13)3-2-9(15)8(4-12)10(16)17;/h5,8H,2-4H2,1H3,(H,16,17);/q;+1/p-1. The monoisotopic (exact) mass is 286 g/mol. The van der Waals surface area contributed by atoms with Crippen molar-refractivity contribution in [1.82, 2.24) is 4.98 Å². The molecule has 0 aromatic carbocycles. The van der Waals surface area contributed by atoms with E-state index in [-0.39, 0.29) is 48.2 Å². The number of hydrogen-bond donors (Lipinski definition) is 0. The summed E-state index contributed by atoms with van der Waals surface area (Å²) >= 11 is 1.34. The topological polar surface area (TPSA) is 93.9 Å². The van der Waals surface area contributed by atoms with Crippen LogP contribution in [0.15, 0.2) is 5.38 Å². The molecule has 2 rings (SSSR count). The van der Waals surface area contributed by atoms with Crippen molar-refractivity contribution < 1.29 is 44.3 Å². The van der Waals surface area contributed by atoms with E-state index in [2.05, 4.69) is 11.1 Å². The number of Topliss-reactive ketones (excluding diaryl/α,β-unsaturated/α-hetero) is 1. The maximum Gasteiger partial charge on any atom is 1.00 e. The number of carbonyl (C=O) groups is 2. The van der Waals surface area contributed by atoms with Gasteiger partial charge in [0.15, 0.2) is 0 Å². The van der Waals surface area contributed by atoms with Crippen LogP contribution in [-0.4, -0.2) is 16.7 Å². The van der Waals surface area contributed by atoms with Gasteiger partial charge >= 0.3 is 29.6 Å². The van der Waals surface area contributed by atoms with Gasteiger partial charge in [-0.15, -0.1) is 11.3 Å². The molecule has 1 heterocycles. The number of hydrogen-bond acceptors (Lipinski definition) is 6. The third kappa shape index (κ3) is 3.06. The van der Waals surface area contributed by atoms with E-state index >= 15 is 0 Å².